The normalized spacial score (nSPS) is 24.8. The van der Waals surface area contributed by atoms with Crippen LogP contribution in [-0.4, -0.2) is 65.9 Å². The summed E-state index contributed by atoms with van der Waals surface area (Å²) in [5.74, 6) is -0.388. The van der Waals surface area contributed by atoms with Crippen LogP contribution in [0.3, 0.4) is 0 Å². The molecule has 3 rings (SSSR count). The maximum atomic E-state index is 12.7. The molecule has 23 heavy (non-hydrogen) atoms. The van der Waals surface area contributed by atoms with Crippen molar-refractivity contribution in [3.63, 3.8) is 0 Å². The number of carbonyl (C=O) groups is 3. The van der Waals surface area contributed by atoms with Gasteiger partial charge in [0.05, 0.1) is 0 Å². The molecule has 0 aromatic rings. The molecule has 3 fully saturated rings. The SMILES string of the molecule is CN(C(=O)CN1C(=O)NC2(CCNCC2)C1=O)C1CCCCC1. The number of urea groups is 1. The lowest BCUT2D eigenvalue weighted by Crippen LogP contribution is -2.54. The summed E-state index contributed by atoms with van der Waals surface area (Å²) >= 11 is 0. The Morgan fingerprint density at radius 3 is 2.52 bits per heavy atom. The molecule has 2 N–H and O–H groups in total. The molecule has 0 aromatic carbocycles. The van der Waals surface area contributed by atoms with Crippen LogP contribution in [0, 0.1) is 0 Å². The number of hydrogen-bond acceptors (Lipinski definition) is 4. The second-order valence-electron chi connectivity index (χ2n) is 6.95. The Morgan fingerprint density at radius 1 is 1.22 bits per heavy atom. The number of nitrogens with one attached hydrogen (secondary N) is 2. The van der Waals surface area contributed by atoms with E-state index in [1.54, 1.807) is 11.9 Å². The molecule has 7 heteroatoms. The quantitative estimate of drug-likeness (QED) is 0.739. The number of imide groups is 1. The Kier molecular flexibility index (Phi) is 4.57. The molecule has 0 bridgehead atoms. The lowest BCUT2D eigenvalue weighted by Gasteiger charge is -2.33. The molecule has 1 spiro atoms. The third-order valence-corrected chi connectivity index (χ3v) is 5.51. The molecule has 4 amide bonds. The first-order valence-electron chi connectivity index (χ1n) is 8.64. The highest BCUT2D eigenvalue weighted by atomic mass is 16.2. The monoisotopic (exact) mass is 322 g/mol. The Labute approximate surface area is 136 Å². The van der Waals surface area contributed by atoms with E-state index in [2.05, 4.69) is 10.6 Å². The van der Waals surface area contributed by atoms with Crippen molar-refractivity contribution >= 4 is 17.8 Å². The van der Waals surface area contributed by atoms with Crippen LogP contribution in [0.5, 0.6) is 0 Å². The van der Waals surface area contributed by atoms with Crippen molar-refractivity contribution in [3.05, 3.63) is 0 Å². The number of amides is 4. The second kappa shape index (κ2) is 6.47. The van der Waals surface area contributed by atoms with Gasteiger partial charge in [-0.25, -0.2) is 4.79 Å². The van der Waals surface area contributed by atoms with Crippen LogP contribution in [0.2, 0.25) is 0 Å². The first kappa shape index (κ1) is 16.2. The molecule has 1 saturated carbocycles. The molecule has 0 unspecified atom stereocenters. The number of nitrogens with zero attached hydrogens (tertiary/aromatic N) is 2. The highest BCUT2D eigenvalue weighted by Crippen LogP contribution is 2.27. The van der Waals surface area contributed by atoms with Gasteiger partial charge in [0.1, 0.15) is 12.1 Å². The Bertz CT molecular complexity index is 496. The third kappa shape index (κ3) is 3.06. The van der Waals surface area contributed by atoms with Crippen LogP contribution in [0.1, 0.15) is 44.9 Å². The summed E-state index contributed by atoms with van der Waals surface area (Å²) in [6.07, 6.45) is 6.70. The van der Waals surface area contributed by atoms with E-state index in [1.807, 2.05) is 0 Å². The van der Waals surface area contributed by atoms with Crippen molar-refractivity contribution in [3.8, 4) is 0 Å². The molecule has 1 aliphatic carbocycles. The van der Waals surface area contributed by atoms with E-state index in [-0.39, 0.29) is 24.4 Å². The van der Waals surface area contributed by atoms with Crippen molar-refractivity contribution in [1.29, 1.82) is 0 Å². The number of rotatable bonds is 3. The molecular formula is C16H26N4O3. The summed E-state index contributed by atoms with van der Waals surface area (Å²) in [5.41, 5.74) is -0.800. The first-order valence-corrected chi connectivity index (χ1v) is 8.64. The molecule has 0 atom stereocenters. The van der Waals surface area contributed by atoms with E-state index < -0.39 is 11.6 Å². The van der Waals surface area contributed by atoms with Crippen molar-refractivity contribution in [1.82, 2.24) is 20.4 Å². The number of piperidine rings is 1. The molecule has 2 saturated heterocycles. The van der Waals surface area contributed by atoms with Gasteiger partial charge in [-0.05, 0) is 38.8 Å². The van der Waals surface area contributed by atoms with E-state index >= 15 is 0 Å². The maximum absolute atomic E-state index is 12.7. The molecule has 7 nitrogen and oxygen atoms in total. The summed E-state index contributed by atoms with van der Waals surface area (Å²) in [6, 6.07) is -0.188. The first-order chi connectivity index (χ1) is 11.0. The van der Waals surface area contributed by atoms with Crippen LogP contribution < -0.4 is 10.6 Å². The highest BCUT2D eigenvalue weighted by molar-refractivity contribution is 6.09. The Hall–Kier alpha value is -1.63. The summed E-state index contributed by atoms with van der Waals surface area (Å²) in [6.45, 7) is 1.26. The van der Waals surface area contributed by atoms with Crippen LogP contribution >= 0.6 is 0 Å². The Morgan fingerprint density at radius 2 is 1.87 bits per heavy atom. The van der Waals surface area contributed by atoms with Gasteiger partial charge in [-0.3, -0.25) is 14.5 Å². The summed E-state index contributed by atoms with van der Waals surface area (Å²) in [7, 11) is 1.79. The van der Waals surface area contributed by atoms with Crippen LogP contribution in [0.15, 0.2) is 0 Å². The van der Waals surface area contributed by atoms with Gasteiger partial charge in [-0.2, -0.15) is 0 Å². The average Bonchev–Trinajstić information content (AvgIpc) is 2.80. The number of likely N-dealkylation sites (N-methyl/N-ethyl adjacent to an activating group) is 1. The molecular weight excluding hydrogens is 296 g/mol. The van der Waals surface area contributed by atoms with Crippen LogP contribution in [-0.2, 0) is 9.59 Å². The fourth-order valence-corrected chi connectivity index (χ4v) is 3.93. The fraction of sp³-hybridized carbons (Fsp3) is 0.812. The van der Waals surface area contributed by atoms with E-state index in [0.29, 0.717) is 25.9 Å². The summed E-state index contributed by atoms with van der Waals surface area (Å²) in [5, 5.41) is 6.01. The van der Waals surface area contributed by atoms with Crippen molar-refractivity contribution in [2.75, 3.05) is 26.7 Å². The zero-order valence-corrected chi connectivity index (χ0v) is 13.8. The van der Waals surface area contributed by atoms with Gasteiger partial charge in [0.2, 0.25) is 5.91 Å². The van der Waals surface area contributed by atoms with Crippen molar-refractivity contribution in [2.45, 2.75) is 56.5 Å². The van der Waals surface area contributed by atoms with Crippen molar-refractivity contribution in [2.24, 2.45) is 0 Å². The molecule has 128 valence electrons. The topological polar surface area (TPSA) is 81.8 Å². The van der Waals surface area contributed by atoms with Crippen molar-refractivity contribution < 1.29 is 14.4 Å². The highest BCUT2D eigenvalue weighted by Gasteiger charge is 2.51. The van der Waals surface area contributed by atoms with E-state index in [1.165, 1.54) is 6.42 Å². The Balaban J connectivity index is 1.63. The van der Waals surface area contributed by atoms with Gasteiger partial charge in [-0.15, -0.1) is 0 Å². The van der Waals surface area contributed by atoms with E-state index in [4.69, 9.17) is 0 Å². The maximum Gasteiger partial charge on any atom is 0.325 e. The summed E-state index contributed by atoms with van der Waals surface area (Å²) in [4.78, 5) is 40.2. The predicted molar refractivity (Wildman–Crippen MR) is 84.7 cm³/mol. The smallest absolute Gasteiger partial charge is 0.325 e. The van der Waals surface area contributed by atoms with Gasteiger partial charge in [0.25, 0.3) is 5.91 Å². The zero-order chi connectivity index (χ0) is 16.4. The van der Waals surface area contributed by atoms with E-state index in [9.17, 15) is 14.4 Å². The minimum atomic E-state index is -0.800. The van der Waals surface area contributed by atoms with Gasteiger partial charge in [0, 0.05) is 13.1 Å². The molecule has 3 aliphatic rings. The number of carbonyl (C=O) groups excluding carboxylic acids is 3. The minimum absolute atomic E-state index is 0.146. The van der Waals surface area contributed by atoms with Gasteiger partial charge >= 0.3 is 6.03 Å². The van der Waals surface area contributed by atoms with Gasteiger partial charge < -0.3 is 15.5 Å². The average molecular weight is 322 g/mol. The second-order valence-corrected chi connectivity index (χ2v) is 6.95. The zero-order valence-electron chi connectivity index (χ0n) is 13.8. The molecule has 2 heterocycles. The van der Waals surface area contributed by atoms with E-state index in [0.717, 1.165) is 30.6 Å². The predicted octanol–water partition coefficient (Wildman–Crippen LogP) is 0.451. The molecule has 2 aliphatic heterocycles. The van der Waals surface area contributed by atoms with Crippen LogP contribution in [0.25, 0.3) is 0 Å². The molecule has 0 radical (unpaired) electrons. The van der Waals surface area contributed by atoms with Gasteiger partial charge in [-0.1, -0.05) is 19.3 Å². The lowest BCUT2D eigenvalue weighted by molar-refractivity contribution is -0.140. The third-order valence-electron chi connectivity index (χ3n) is 5.51. The van der Waals surface area contributed by atoms with Gasteiger partial charge in [0.15, 0.2) is 0 Å². The standard InChI is InChI=1S/C16H26N4O3/c1-19(12-5-3-2-4-6-12)13(21)11-20-14(22)16(18-15(20)23)7-9-17-10-8-16/h12,17H,2-11H2,1H3,(H,18,23). The largest absolute Gasteiger partial charge is 0.341 e. The van der Waals surface area contributed by atoms with Crippen LogP contribution in [0.4, 0.5) is 4.79 Å². The minimum Gasteiger partial charge on any atom is -0.341 e. The summed E-state index contributed by atoms with van der Waals surface area (Å²) < 4.78 is 0. The number of hydrogen-bond donors (Lipinski definition) is 2. The molecule has 0 aromatic heterocycles. The fourth-order valence-electron chi connectivity index (χ4n) is 3.93. The lowest BCUT2D eigenvalue weighted by atomic mass is 9.88.